The van der Waals surface area contributed by atoms with Crippen LogP contribution in [0.15, 0.2) is 40.9 Å². The van der Waals surface area contributed by atoms with Crippen molar-refractivity contribution in [3.8, 4) is 5.75 Å². The smallest absolute Gasteiger partial charge is 0.278 e. The zero-order chi connectivity index (χ0) is 15.4. The average Bonchev–Trinajstić information content (AvgIpc) is 2.46. The Morgan fingerprint density at radius 3 is 2.76 bits per heavy atom. The quantitative estimate of drug-likeness (QED) is 0.464. The highest BCUT2D eigenvalue weighted by atomic mass is 79.9. The van der Waals surface area contributed by atoms with Crippen LogP contribution in [0.25, 0.3) is 0 Å². The van der Waals surface area contributed by atoms with E-state index in [9.17, 15) is 19.3 Å². The van der Waals surface area contributed by atoms with Gasteiger partial charge in [-0.25, -0.2) is 4.39 Å². The molecule has 0 bridgehead atoms. The van der Waals surface area contributed by atoms with Crippen LogP contribution in [0.5, 0.6) is 5.75 Å². The number of nitrogens with zero attached hydrogens (tertiary/aromatic N) is 1. The van der Waals surface area contributed by atoms with Crippen molar-refractivity contribution in [3.63, 3.8) is 0 Å². The van der Waals surface area contributed by atoms with E-state index in [1.807, 2.05) is 0 Å². The molecule has 0 N–H and O–H groups in total. The van der Waals surface area contributed by atoms with Crippen LogP contribution in [0.4, 0.5) is 10.1 Å². The second-order valence-electron chi connectivity index (χ2n) is 4.08. The van der Waals surface area contributed by atoms with Crippen LogP contribution in [0.3, 0.4) is 0 Å². The van der Waals surface area contributed by atoms with Gasteiger partial charge in [-0.15, -0.1) is 0 Å². The third-order valence-corrected chi connectivity index (χ3v) is 3.25. The number of hydrogen-bond acceptors (Lipinski definition) is 4. The van der Waals surface area contributed by atoms with E-state index in [4.69, 9.17) is 4.74 Å². The molecule has 0 unspecified atom stereocenters. The van der Waals surface area contributed by atoms with Crippen molar-refractivity contribution >= 4 is 27.9 Å². The first-order chi connectivity index (χ1) is 10.0. The first-order valence-corrected chi connectivity index (χ1v) is 6.61. The molecule has 0 heterocycles. The minimum atomic E-state index is -0.728. The Hall–Kier alpha value is -2.28. The lowest BCUT2D eigenvalue weighted by Crippen LogP contribution is -2.04. The van der Waals surface area contributed by atoms with Crippen molar-refractivity contribution in [3.05, 3.63) is 67.9 Å². The van der Waals surface area contributed by atoms with Gasteiger partial charge in [0.15, 0.2) is 6.29 Å². The number of carbonyl (C=O) groups is 1. The van der Waals surface area contributed by atoms with E-state index in [2.05, 4.69) is 15.9 Å². The number of nitro groups is 1. The predicted molar refractivity (Wildman–Crippen MR) is 76.9 cm³/mol. The molecule has 2 aromatic rings. The zero-order valence-electron chi connectivity index (χ0n) is 10.6. The number of nitro benzene ring substituents is 1. The third kappa shape index (κ3) is 3.43. The molecule has 2 rings (SSSR count). The number of ether oxygens (including phenoxy) is 1. The fraction of sp³-hybridized carbons (Fsp3) is 0.0714. The van der Waals surface area contributed by atoms with Crippen molar-refractivity contribution in [2.75, 3.05) is 0 Å². The molecular formula is C14H9BrFNO4. The molecule has 0 aliphatic rings. The molecule has 0 saturated heterocycles. The molecule has 0 atom stereocenters. The van der Waals surface area contributed by atoms with Crippen LogP contribution >= 0.6 is 15.9 Å². The van der Waals surface area contributed by atoms with Gasteiger partial charge in [0.05, 0.1) is 10.5 Å². The molecule has 21 heavy (non-hydrogen) atoms. The Labute approximate surface area is 127 Å². The zero-order valence-corrected chi connectivity index (χ0v) is 12.2. The average molecular weight is 354 g/mol. The maximum Gasteiger partial charge on any atom is 0.278 e. The van der Waals surface area contributed by atoms with Gasteiger partial charge in [0, 0.05) is 10.5 Å². The molecule has 0 aliphatic heterocycles. The molecular weight excluding hydrogens is 345 g/mol. The van der Waals surface area contributed by atoms with Gasteiger partial charge in [0.1, 0.15) is 23.7 Å². The Bertz CT molecular complexity index is 705. The molecule has 0 amide bonds. The van der Waals surface area contributed by atoms with E-state index in [1.165, 1.54) is 24.3 Å². The summed E-state index contributed by atoms with van der Waals surface area (Å²) in [4.78, 5) is 21.1. The molecule has 0 spiro atoms. The van der Waals surface area contributed by atoms with Crippen LogP contribution in [-0.2, 0) is 6.61 Å². The first kappa shape index (κ1) is 15.1. The van der Waals surface area contributed by atoms with E-state index in [0.29, 0.717) is 10.8 Å². The summed E-state index contributed by atoms with van der Waals surface area (Å²) in [6.07, 6.45) is 0.593. The molecule has 0 aromatic heterocycles. The summed E-state index contributed by atoms with van der Waals surface area (Å²) in [6, 6.07) is 8.29. The van der Waals surface area contributed by atoms with Gasteiger partial charge in [-0.1, -0.05) is 22.0 Å². The van der Waals surface area contributed by atoms with Crippen LogP contribution in [0.2, 0.25) is 0 Å². The fourth-order valence-electron chi connectivity index (χ4n) is 1.75. The van der Waals surface area contributed by atoms with Crippen LogP contribution in [0, 0.1) is 15.9 Å². The summed E-state index contributed by atoms with van der Waals surface area (Å²) >= 11 is 3.21. The second-order valence-corrected chi connectivity index (χ2v) is 5.00. The molecule has 0 radical (unpaired) electrons. The van der Waals surface area contributed by atoms with Gasteiger partial charge in [-0.3, -0.25) is 14.9 Å². The number of rotatable bonds is 5. The van der Waals surface area contributed by atoms with Crippen LogP contribution in [-0.4, -0.2) is 11.2 Å². The van der Waals surface area contributed by atoms with Gasteiger partial charge < -0.3 is 4.74 Å². The summed E-state index contributed by atoms with van der Waals surface area (Å²) in [5.74, 6) is -0.500. The van der Waals surface area contributed by atoms with E-state index >= 15 is 0 Å². The minimum Gasteiger partial charge on any atom is -0.488 e. The SMILES string of the molecule is O=Cc1cc(Br)ccc1OCc1c(F)cccc1[N+](=O)[O-]. The monoisotopic (exact) mass is 353 g/mol. The topological polar surface area (TPSA) is 69.4 Å². The highest BCUT2D eigenvalue weighted by Gasteiger charge is 2.18. The normalized spacial score (nSPS) is 10.2. The molecule has 108 valence electrons. The third-order valence-electron chi connectivity index (χ3n) is 2.76. The predicted octanol–water partition coefficient (Wildman–Crippen LogP) is 3.89. The lowest BCUT2D eigenvalue weighted by molar-refractivity contribution is -0.386. The van der Waals surface area contributed by atoms with Crippen molar-refractivity contribution in [2.24, 2.45) is 0 Å². The molecule has 5 nitrogen and oxygen atoms in total. The fourth-order valence-corrected chi connectivity index (χ4v) is 2.13. The Kier molecular flexibility index (Phi) is 4.64. The summed E-state index contributed by atoms with van der Waals surface area (Å²) < 4.78 is 19.7. The first-order valence-electron chi connectivity index (χ1n) is 5.82. The lowest BCUT2D eigenvalue weighted by atomic mass is 10.1. The van der Waals surface area contributed by atoms with Gasteiger partial charge >= 0.3 is 0 Å². The molecule has 7 heteroatoms. The highest BCUT2D eigenvalue weighted by Crippen LogP contribution is 2.26. The van der Waals surface area contributed by atoms with Crippen molar-refractivity contribution in [1.82, 2.24) is 0 Å². The van der Waals surface area contributed by atoms with Crippen molar-refractivity contribution in [2.45, 2.75) is 6.61 Å². The van der Waals surface area contributed by atoms with E-state index in [-0.39, 0.29) is 29.2 Å². The number of carbonyl (C=O) groups excluding carboxylic acids is 1. The standard InChI is InChI=1S/C14H9BrFNO4/c15-10-4-5-14(9(6-10)7-18)21-8-11-12(16)2-1-3-13(11)17(19)20/h1-7H,8H2. The van der Waals surface area contributed by atoms with Crippen LogP contribution < -0.4 is 4.74 Å². The Balaban J connectivity index is 2.29. The van der Waals surface area contributed by atoms with E-state index in [0.717, 1.165) is 6.07 Å². The maximum atomic E-state index is 13.7. The van der Waals surface area contributed by atoms with E-state index < -0.39 is 10.7 Å². The summed E-state index contributed by atoms with van der Waals surface area (Å²) in [7, 11) is 0. The number of hydrogen-bond donors (Lipinski definition) is 0. The molecule has 0 fully saturated rings. The number of halogens is 2. The van der Waals surface area contributed by atoms with Gasteiger partial charge in [-0.2, -0.15) is 0 Å². The summed E-state index contributed by atoms with van der Waals surface area (Å²) in [5, 5.41) is 10.9. The maximum absolute atomic E-state index is 13.7. The lowest BCUT2D eigenvalue weighted by Gasteiger charge is -2.09. The van der Waals surface area contributed by atoms with Gasteiger partial charge in [0.2, 0.25) is 0 Å². The van der Waals surface area contributed by atoms with Crippen LogP contribution in [0.1, 0.15) is 15.9 Å². The molecule has 0 saturated carbocycles. The summed E-state index contributed by atoms with van der Waals surface area (Å²) in [5.41, 5.74) is -0.259. The highest BCUT2D eigenvalue weighted by molar-refractivity contribution is 9.10. The van der Waals surface area contributed by atoms with Crippen molar-refractivity contribution < 1.29 is 18.8 Å². The van der Waals surface area contributed by atoms with Gasteiger partial charge in [-0.05, 0) is 24.3 Å². The minimum absolute atomic E-state index is 0.165. The number of aldehydes is 1. The number of benzene rings is 2. The largest absolute Gasteiger partial charge is 0.488 e. The summed E-state index contributed by atoms with van der Waals surface area (Å²) in [6.45, 7) is -0.342. The van der Waals surface area contributed by atoms with E-state index in [1.54, 1.807) is 6.07 Å². The Morgan fingerprint density at radius 2 is 2.10 bits per heavy atom. The van der Waals surface area contributed by atoms with Gasteiger partial charge in [0.25, 0.3) is 5.69 Å². The second kappa shape index (κ2) is 6.45. The van der Waals surface area contributed by atoms with Crippen molar-refractivity contribution in [1.29, 1.82) is 0 Å². The Morgan fingerprint density at radius 1 is 1.33 bits per heavy atom. The molecule has 0 aliphatic carbocycles. The molecule has 2 aromatic carbocycles.